The molecule has 0 aliphatic rings. The summed E-state index contributed by atoms with van der Waals surface area (Å²) in [7, 11) is 0. The molecule has 1 aromatic carbocycles. The lowest BCUT2D eigenvalue weighted by Crippen LogP contribution is -2.42. The lowest BCUT2D eigenvalue weighted by Gasteiger charge is -2.19. The first-order valence-corrected chi connectivity index (χ1v) is 7.76. The van der Waals surface area contributed by atoms with E-state index in [0.29, 0.717) is 13.0 Å². The fraction of sp³-hybridized carbons (Fsp3) is 0.471. The van der Waals surface area contributed by atoms with Crippen LogP contribution in [0.25, 0.3) is 10.9 Å². The fourth-order valence-electron chi connectivity index (χ4n) is 2.63. The van der Waals surface area contributed by atoms with E-state index in [9.17, 15) is 9.90 Å². The van der Waals surface area contributed by atoms with Crippen molar-refractivity contribution in [1.29, 1.82) is 0 Å². The number of hydrogen-bond donors (Lipinski definition) is 3. The number of benzene rings is 1. The monoisotopic (exact) mass is 304 g/mol. The van der Waals surface area contributed by atoms with Crippen molar-refractivity contribution in [2.24, 2.45) is 0 Å². The van der Waals surface area contributed by atoms with Crippen molar-refractivity contribution in [3.63, 3.8) is 0 Å². The molecule has 120 valence electrons. The van der Waals surface area contributed by atoms with E-state index in [1.807, 2.05) is 38.2 Å². The molecule has 3 N–H and O–H groups in total. The molecule has 0 spiro atoms. The van der Waals surface area contributed by atoms with Crippen molar-refractivity contribution in [2.75, 3.05) is 6.61 Å². The Hall–Kier alpha value is -2.01. The lowest BCUT2D eigenvalue weighted by molar-refractivity contribution is -0.121. The van der Waals surface area contributed by atoms with Gasteiger partial charge in [-0.2, -0.15) is 0 Å². The minimum absolute atomic E-state index is 0.0973. The Bertz CT molecular complexity index is 634. The van der Waals surface area contributed by atoms with Crippen molar-refractivity contribution in [2.45, 2.75) is 45.8 Å². The van der Waals surface area contributed by atoms with Crippen LogP contribution >= 0.6 is 0 Å². The molecule has 1 heterocycles. The van der Waals surface area contributed by atoms with Gasteiger partial charge < -0.3 is 20.1 Å². The van der Waals surface area contributed by atoms with Crippen LogP contribution in [-0.2, 0) is 11.2 Å². The van der Waals surface area contributed by atoms with Gasteiger partial charge in [0.25, 0.3) is 0 Å². The van der Waals surface area contributed by atoms with Crippen LogP contribution in [0.5, 0.6) is 5.75 Å². The highest BCUT2D eigenvalue weighted by molar-refractivity contribution is 5.93. The number of rotatable bonds is 7. The second-order valence-electron chi connectivity index (χ2n) is 5.43. The zero-order valence-corrected chi connectivity index (χ0v) is 13.3. The van der Waals surface area contributed by atoms with Crippen LogP contribution < -0.4 is 10.1 Å². The van der Waals surface area contributed by atoms with Crippen molar-refractivity contribution >= 4 is 16.8 Å². The average Bonchev–Trinajstić information content (AvgIpc) is 2.89. The summed E-state index contributed by atoms with van der Waals surface area (Å²) in [6, 6.07) is 5.58. The van der Waals surface area contributed by atoms with Crippen molar-refractivity contribution in [3.05, 3.63) is 30.0 Å². The molecule has 5 heteroatoms. The molecule has 0 bridgehead atoms. The molecule has 22 heavy (non-hydrogen) atoms. The molecule has 0 unspecified atom stereocenters. The number of carbonyl (C=O) groups excluding carboxylic acids is 1. The number of fused-ring (bicyclic) bond motifs is 1. The molecule has 2 rings (SSSR count). The first-order valence-electron chi connectivity index (χ1n) is 7.76. The van der Waals surface area contributed by atoms with Gasteiger partial charge in [0.2, 0.25) is 5.91 Å². The van der Waals surface area contributed by atoms with Crippen LogP contribution in [0.4, 0.5) is 0 Å². The fourth-order valence-corrected chi connectivity index (χ4v) is 2.63. The van der Waals surface area contributed by atoms with Gasteiger partial charge in [0.05, 0.1) is 25.2 Å². The van der Waals surface area contributed by atoms with Crippen LogP contribution in [0.3, 0.4) is 0 Å². The SMILES string of the molecule is CCOc1cccc2[nH]cc(CC(=O)N[C@H](CC)[C@H](C)O)c12. The summed E-state index contributed by atoms with van der Waals surface area (Å²) in [6.07, 6.45) is 2.24. The van der Waals surface area contributed by atoms with Gasteiger partial charge in [0, 0.05) is 17.1 Å². The summed E-state index contributed by atoms with van der Waals surface area (Å²) >= 11 is 0. The molecular weight excluding hydrogens is 280 g/mol. The van der Waals surface area contributed by atoms with Crippen LogP contribution in [0, 0.1) is 0 Å². The molecule has 0 radical (unpaired) electrons. The number of amides is 1. The summed E-state index contributed by atoms with van der Waals surface area (Å²) in [4.78, 5) is 15.4. The molecule has 0 saturated heterocycles. The van der Waals surface area contributed by atoms with Crippen LogP contribution in [0.1, 0.15) is 32.8 Å². The number of hydrogen-bond acceptors (Lipinski definition) is 3. The van der Waals surface area contributed by atoms with E-state index in [-0.39, 0.29) is 18.4 Å². The highest BCUT2D eigenvalue weighted by atomic mass is 16.5. The van der Waals surface area contributed by atoms with Crippen LogP contribution in [-0.4, -0.2) is 34.8 Å². The summed E-state index contributed by atoms with van der Waals surface area (Å²) in [5.74, 6) is 0.687. The maximum absolute atomic E-state index is 12.2. The van der Waals surface area contributed by atoms with Crippen LogP contribution in [0.15, 0.2) is 24.4 Å². The van der Waals surface area contributed by atoms with Gasteiger partial charge in [-0.05, 0) is 38.0 Å². The Morgan fingerprint density at radius 1 is 1.41 bits per heavy atom. The minimum Gasteiger partial charge on any atom is -0.493 e. The Labute approximate surface area is 130 Å². The molecule has 0 fully saturated rings. The summed E-state index contributed by atoms with van der Waals surface area (Å²) in [5, 5.41) is 13.5. The third-order valence-corrected chi connectivity index (χ3v) is 3.77. The summed E-state index contributed by atoms with van der Waals surface area (Å²) in [5.41, 5.74) is 1.85. The number of ether oxygens (including phenoxy) is 1. The van der Waals surface area contributed by atoms with E-state index in [1.165, 1.54) is 0 Å². The standard InChI is InChI=1S/C17H24N2O3/c1-4-13(11(3)20)19-16(21)9-12-10-18-14-7-6-8-15(17(12)14)22-5-2/h6-8,10-11,13,18,20H,4-5,9H2,1-3H3,(H,19,21)/t11-,13+/m0/s1. The number of aromatic nitrogens is 1. The Morgan fingerprint density at radius 2 is 2.18 bits per heavy atom. The predicted molar refractivity (Wildman–Crippen MR) is 87.1 cm³/mol. The predicted octanol–water partition coefficient (Wildman–Crippen LogP) is 2.38. The van der Waals surface area contributed by atoms with Gasteiger partial charge in [-0.15, -0.1) is 0 Å². The van der Waals surface area contributed by atoms with Crippen molar-refractivity contribution < 1.29 is 14.6 Å². The van der Waals surface area contributed by atoms with E-state index in [1.54, 1.807) is 6.92 Å². The Kier molecular flexibility index (Phi) is 5.44. The number of aliphatic hydroxyl groups excluding tert-OH is 1. The largest absolute Gasteiger partial charge is 0.493 e. The molecule has 1 aromatic heterocycles. The molecule has 0 saturated carbocycles. The molecule has 2 aromatic rings. The number of aromatic amines is 1. The number of carbonyl (C=O) groups is 1. The normalized spacial score (nSPS) is 13.8. The van der Waals surface area contributed by atoms with E-state index in [0.717, 1.165) is 22.2 Å². The van der Waals surface area contributed by atoms with E-state index in [4.69, 9.17) is 4.74 Å². The molecule has 2 atom stereocenters. The Balaban J connectivity index is 2.19. The second kappa shape index (κ2) is 7.31. The summed E-state index contributed by atoms with van der Waals surface area (Å²) in [6.45, 7) is 6.14. The minimum atomic E-state index is -0.559. The topological polar surface area (TPSA) is 74.4 Å². The zero-order chi connectivity index (χ0) is 16.1. The molecule has 0 aliphatic carbocycles. The first-order chi connectivity index (χ1) is 10.6. The maximum Gasteiger partial charge on any atom is 0.224 e. The maximum atomic E-state index is 12.2. The van der Waals surface area contributed by atoms with Crippen molar-refractivity contribution in [3.8, 4) is 5.75 Å². The van der Waals surface area contributed by atoms with Crippen LogP contribution in [0.2, 0.25) is 0 Å². The average molecular weight is 304 g/mol. The smallest absolute Gasteiger partial charge is 0.224 e. The molecule has 5 nitrogen and oxygen atoms in total. The van der Waals surface area contributed by atoms with Gasteiger partial charge in [-0.1, -0.05) is 13.0 Å². The zero-order valence-electron chi connectivity index (χ0n) is 13.3. The number of aliphatic hydroxyl groups is 1. The highest BCUT2D eigenvalue weighted by Crippen LogP contribution is 2.29. The van der Waals surface area contributed by atoms with Crippen molar-refractivity contribution in [1.82, 2.24) is 10.3 Å². The second-order valence-corrected chi connectivity index (χ2v) is 5.43. The first kappa shape index (κ1) is 16.4. The van der Waals surface area contributed by atoms with E-state index in [2.05, 4.69) is 10.3 Å². The van der Waals surface area contributed by atoms with E-state index < -0.39 is 6.10 Å². The molecule has 0 aliphatic heterocycles. The highest BCUT2D eigenvalue weighted by Gasteiger charge is 2.17. The number of nitrogens with one attached hydrogen (secondary N) is 2. The van der Waals surface area contributed by atoms with Gasteiger partial charge in [-0.25, -0.2) is 0 Å². The molecule has 1 amide bonds. The number of H-pyrrole nitrogens is 1. The van der Waals surface area contributed by atoms with Gasteiger partial charge in [0.15, 0.2) is 0 Å². The Morgan fingerprint density at radius 3 is 2.82 bits per heavy atom. The van der Waals surface area contributed by atoms with Gasteiger partial charge in [-0.3, -0.25) is 4.79 Å². The molecular formula is C17H24N2O3. The van der Waals surface area contributed by atoms with Gasteiger partial charge in [0.1, 0.15) is 5.75 Å². The quantitative estimate of drug-likeness (QED) is 0.735. The lowest BCUT2D eigenvalue weighted by atomic mass is 10.1. The summed E-state index contributed by atoms with van der Waals surface area (Å²) < 4.78 is 5.65. The van der Waals surface area contributed by atoms with E-state index >= 15 is 0 Å². The van der Waals surface area contributed by atoms with Gasteiger partial charge >= 0.3 is 0 Å². The third kappa shape index (κ3) is 3.60. The third-order valence-electron chi connectivity index (χ3n) is 3.77.